The number of hydrogen-bond acceptors (Lipinski definition) is 8. The Labute approximate surface area is 210 Å². The van der Waals surface area contributed by atoms with E-state index in [2.05, 4.69) is 0 Å². The molecular formula is C16H21NNa2O7S2. The second kappa shape index (κ2) is 10.6. The Balaban J connectivity index is 0.00000364. The molecule has 0 amide bonds. The van der Waals surface area contributed by atoms with E-state index in [-0.39, 0.29) is 72.1 Å². The Kier molecular flexibility index (Phi) is 10.8. The van der Waals surface area contributed by atoms with Crippen molar-refractivity contribution in [2.24, 2.45) is 0 Å². The van der Waals surface area contributed by atoms with Gasteiger partial charge in [-0.05, 0) is 38.0 Å². The molecule has 12 heteroatoms. The fourth-order valence-corrected chi connectivity index (χ4v) is 4.25. The van der Waals surface area contributed by atoms with Crippen LogP contribution in [-0.4, -0.2) is 56.6 Å². The second-order valence-corrected chi connectivity index (χ2v) is 9.60. The number of rotatable bonds is 7. The standard InChI is InChI=1S/C16H23NO7S2.2Na/c1-16(2)10-12(11-26(21,22)23)14-6-5-13(24-3)9-15(14)17(16)7-4-8-25(18,19)20;;/h5-6,9-10H,4,7-8,11H2,1-3H3,(H,18,19,20)(H,21,22,23);;/q;2*+1/p-2. The molecule has 1 heterocycles. The number of nitrogens with zero attached hydrogens (tertiary/aromatic N) is 1. The molecule has 0 saturated carbocycles. The molecule has 0 bridgehead atoms. The van der Waals surface area contributed by atoms with Crippen molar-refractivity contribution < 1.29 is 89.8 Å². The maximum Gasteiger partial charge on any atom is 1.00 e. The molecule has 0 fully saturated rings. The van der Waals surface area contributed by atoms with E-state index < -0.39 is 37.3 Å². The summed E-state index contributed by atoms with van der Waals surface area (Å²) in [7, 11) is -7.31. The van der Waals surface area contributed by atoms with E-state index >= 15 is 0 Å². The van der Waals surface area contributed by atoms with Crippen molar-refractivity contribution in [1.29, 1.82) is 0 Å². The van der Waals surface area contributed by atoms with Crippen molar-refractivity contribution in [3.8, 4) is 5.75 Å². The second-order valence-electron chi connectivity index (χ2n) is 6.68. The third-order valence-electron chi connectivity index (χ3n) is 4.17. The largest absolute Gasteiger partial charge is 1.00 e. The van der Waals surface area contributed by atoms with Crippen LogP contribution in [0.4, 0.5) is 5.69 Å². The average Bonchev–Trinajstić information content (AvgIpc) is 2.46. The van der Waals surface area contributed by atoms with E-state index in [4.69, 9.17) is 4.74 Å². The van der Waals surface area contributed by atoms with Crippen molar-refractivity contribution in [2.75, 3.05) is 30.1 Å². The number of anilines is 1. The molecular weight excluding hydrogens is 428 g/mol. The van der Waals surface area contributed by atoms with Crippen LogP contribution in [0.3, 0.4) is 0 Å². The summed E-state index contributed by atoms with van der Waals surface area (Å²) in [6.07, 6.45) is 1.80. The molecule has 1 aromatic rings. The average molecular weight is 449 g/mol. The quantitative estimate of drug-likeness (QED) is 0.300. The number of methoxy groups -OCH3 is 1. The summed E-state index contributed by atoms with van der Waals surface area (Å²) >= 11 is 0. The summed E-state index contributed by atoms with van der Waals surface area (Å²) in [4.78, 5) is 1.87. The molecule has 0 atom stereocenters. The first kappa shape index (κ1) is 28.4. The molecule has 0 unspecified atom stereocenters. The van der Waals surface area contributed by atoms with Gasteiger partial charge in [-0.1, -0.05) is 6.08 Å². The zero-order valence-electron chi connectivity index (χ0n) is 16.8. The van der Waals surface area contributed by atoms with Crippen molar-refractivity contribution in [3.63, 3.8) is 0 Å². The first-order chi connectivity index (χ1) is 11.8. The van der Waals surface area contributed by atoms with E-state index in [1.807, 2.05) is 18.7 Å². The molecule has 0 aliphatic carbocycles. The topological polar surface area (TPSA) is 127 Å². The van der Waals surface area contributed by atoms with Gasteiger partial charge >= 0.3 is 59.1 Å². The SMILES string of the molecule is COc1ccc2c(c1)N(CCCS(=O)(=O)[O-])C(C)(C)C=C2CS(=O)(=O)[O-].[Na+].[Na+]. The molecule has 0 aromatic heterocycles. The number of benzene rings is 1. The zero-order valence-corrected chi connectivity index (χ0v) is 22.4. The van der Waals surface area contributed by atoms with Gasteiger partial charge < -0.3 is 18.7 Å². The monoisotopic (exact) mass is 449 g/mol. The van der Waals surface area contributed by atoms with Gasteiger partial charge in [0.25, 0.3) is 0 Å². The fraction of sp³-hybridized carbons (Fsp3) is 0.500. The van der Waals surface area contributed by atoms with Crippen LogP contribution in [0.5, 0.6) is 5.75 Å². The van der Waals surface area contributed by atoms with E-state index in [0.717, 1.165) is 0 Å². The van der Waals surface area contributed by atoms with E-state index in [1.165, 1.54) is 7.11 Å². The van der Waals surface area contributed by atoms with Crippen LogP contribution in [0.15, 0.2) is 24.3 Å². The summed E-state index contributed by atoms with van der Waals surface area (Å²) < 4.78 is 71.7. The van der Waals surface area contributed by atoms with Gasteiger partial charge in [0.05, 0.1) is 38.6 Å². The molecule has 1 aliphatic heterocycles. The number of ether oxygens (including phenoxy) is 1. The van der Waals surface area contributed by atoms with E-state index in [9.17, 15) is 25.9 Å². The normalized spacial score (nSPS) is 15.6. The van der Waals surface area contributed by atoms with Crippen LogP contribution in [0.25, 0.3) is 5.57 Å². The van der Waals surface area contributed by atoms with Gasteiger partial charge in [-0.3, -0.25) is 0 Å². The van der Waals surface area contributed by atoms with Gasteiger partial charge in [-0.2, -0.15) is 0 Å². The van der Waals surface area contributed by atoms with Crippen molar-refractivity contribution in [2.45, 2.75) is 25.8 Å². The van der Waals surface area contributed by atoms with Crippen molar-refractivity contribution in [3.05, 3.63) is 29.8 Å². The summed E-state index contributed by atoms with van der Waals surface area (Å²) in [6, 6.07) is 5.02. The van der Waals surface area contributed by atoms with Crippen LogP contribution >= 0.6 is 0 Å². The van der Waals surface area contributed by atoms with Gasteiger partial charge in [0.1, 0.15) is 5.75 Å². The summed E-state index contributed by atoms with van der Waals surface area (Å²) in [6.45, 7) is 3.90. The summed E-state index contributed by atoms with van der Waals surface area (Å²) in [5, 5.41) is 0. The van der Waals surface area contributed by atoms with Crippen molar-refractivity contribution in [1.82, 2.24) is 0 Å². The molecule has 0 saturated heterocycles. The maximum absolute atomic E-state index is 11.3. The zero-order chi connectivity index (χ0) is 19.8. The first-order valence-electron chi connectivity index (χ1n) is 7.87. The van der Waals surface area contributed by atoms with Crippen LogP contribution in [-0.2, 0) is 20.2 Å². The van der Waals surface area contributed by atoms with Crippen LogP contribution in [0.1, 0.15) is 25.8 Å². The van der Waals surface area contributed by atoms with Crippen LogP contribution < -0.4 is 68.8 Å². The van der Waals surface area contributed by atoms with Crippen molar-refractivity contribution >= 4 is 31.5 Å². The van der Waals surface area contributed by atoms with Crippen LogP contribution in [0.2, 0.25) is 0 Å². The minimum Gasteiger partial charge on any atom is -0.748 e. The predicted octanol–water partition coefficient (Wildman–Crippen LogP) is -4.83. The Bertz CT molecular complexity index is 928. The minimum atomic E-state index is -4.47. The summed E-state index contributed by atoms with van der Waals surface area (Å²) in [5.74, 6) is -0.602. The minimum absolute atomic E-state index is 0. The van der Waals surface area contributed by atoms with E-state index in [0.29, 0.717) is 22.6 Å². The molecule has 0 radical (unpaired) electrons. The molecule has 1 aromatic carbocycles. The molecule has 28 heavy (non-hydrogen) atoms. The smallest absolute Gasteiger partial charge is 0.748 e. The third kappa shape index (κ3) is 7.90. The van der Waals surface area contributed by atoms with Gasteiger partial charge in [0.15, 0.2) is 0 Å². The predicted molar refractivity (Wildman–Crippen MR) is 96.1 cm³/mol. The molecule has 146 valence electrons. The molecule has 0 N–H and O–H groups in total. The van der Waals surface area contributed by atoms with Gasteiger partial charge in [-0.15, -0.1) is 0 Å². The van der Waals surface area contributed by atoms with Crippen LogP contribution in [0, 0.1) is 0 Å². The number of hydrogen-bond donors (Lipinski definition) is 0. The van der Waals surface area contributed by atoms with E-state index in [1.54, 1.807) is 24.3 Å². The Morgan fingerprint density at radius 1 is 1.07 bits per heavy atom. The Morgan fingerprint density at radius 3 is 2.18 bits per heavy atom. The number of fused-ring (bicyclic) bond motifs is 1. The molecule has 2 rings (SSSR count). The molecule has 8 nitrogen and oxygen atoms in total. The Morgan fingerprint density at radius 2 is 1.68 bits per heavy atom. The molecule has 0 spiro atoms. The Hall–Kier alpha value is 0.380. The first-order valence-corrected chi connectivity index (χ1v) is 11.0. The molecule has 1 aliphatic rings. The van der Waals surface area contributed by atoms with Gasteiger partial charge in [-0.25, -0.2) is 16.8 Å². The summed E-state index contributed by atoms with van der Waals surface area (Å²) in [5.41, 5.74) is 0.884. The van der Waals surface area contributed by atoms with Gasteiger partial charge in [0, 0.05) is 29.6 Å². The van der Waals surface area contributed by atoms with Gasteiger partial charge in [0.2, 0.25) is 0 Å². The maximum atomic E-state index is 11.3. The fourth-order valence-electron chi connectivity index (χ4n) is 3.14. The third-order valence-corrected chi connectivity index (χ3v) is 5.63.